The smallest absolute Gasteiger partial charge is 0.269 e. The van der Waals surface area contributed by atoms with E-state index in [1.807, 2.05) is 0 Å². The zero-order valence-corrected chi connectivity index (χ0v) is 3.83. The van der Waals surface area contributed by atoms with Crippen LogP contribution in [0.15, 0.2) is 0 Å². The van der Waals surface area contributed by atoms with Gasteiger partial charge in [-0.05, 0) is 0 Å². The monoisotopic (exact) mass is 118 g/mol. The first-order valence-electron chi connectivity index (χ1n) is 0.896. The largest absolute Gasteiger partial charge is 0.299 e. The van der Waals surface area contributed by atoms with Gasteiger partial charge in [-0.15, -0.1) is 3.89 Å². The molecule has 0 saturated heterocycles. The highest BCUT2D eigenvalue weighted by atomic mass is 32.3. The van der Waals surface area contributed by atoms with Crippen molar-refractivity contribution < 1.29 is 17.0 Å². The van der Waals surface area contributed by atoms with Crippen LogP contribution in [0.1, 0.15) is 0 Å². The average Bonchev–Trinajstić information content (AvgIpc) is 0.722. The van der Waals surface area contributed by atoms with Crippen molar-refractivity contribution in [1.82, 2.24) is 0 Å². The Morgan fingerprint density at radius 2 is 1.50 bits per heavy atom. The highest BCUT2D eigenvalue weighted by Gasteiger charge is 1.86. The second kappa shape index (κ2) is 2.07. The quantitative estimate of drug-likeness (QED) is 0.422. The Labute approximate surface area is 34.6 Å². The molecule has 0 atom stereocenters. The summed E-state index contributed by atoms with van der Waals surface area (Å²) in [5.74, 6) is 0. The van der Waals surface area contributed by atoms with Crippen LogP contribution in [0.3, 0.4) is 0 Å². The molecule has 0 fully saturated rings. The van der Waals surface area contributed by atoms with Gasteiger partial charge in [-0.2, -0.15) is 8.42 Å². The van der Waals surface area contributed by atoms with Crippen molar-refractivity contribution in [2.75, 3.05) is 6.26 Å². The van der Waals surface area contributed by atoms with Crippen LogP contribution in [0.4, 0.5) is 8.59 Å². The third kappa shape index (κ3) is 833. The summed E-state index contributed by atoms with van der Waals surface area (Å²) >= 11 is 0. The molecule has 0 rings (SSSR count). The summed E-state index contributed by atoms with van der Waals surface area (Å²) in [6, 6.07) is 0. The van der Waals surface area contributed by atoms with Gasteiger partial charge in [0.05, 0.1) is 6.26 Å². The Balaban J connectivity index is 0. The Hall–Kier alpha value is -0.190. The molecule has 0 aromatic heterocycles. The second-order valence-corrected chi connectivity index (χ2v) is 2.04. The van der Waals surface area contributed by atoms with Gasteiger partial charge in [0.15, 0.2) is 0 Å². The van der Waals surface area contributed by atoms with Crippen LogP contribution in [0.5, 0.6) is 0 Å². The zero-order valence-electron chi connectivity index (χ0n) is 3.01. The lowest BCUT2D eigenvalue weighted by atomic mass is 12.0. The molecule has 0 aliphatic rings. The van der Waals surface area contributed by atoms with Gasteiger partial charge in [0.1, 0.15) is 0 Å². The summed E-state index contributed by atoms with van der Waals surface area (Å²) in [6.07, 6.45) is 0.493. The molecule has 0 bridgehead atoms. The van der Waals surface area contributed by atoms with Gasteiger partial charge >= 0.3 is 0 Å². The van der Waals surface area contributed by atoms with E-state index in [1.165, 1.54) is 0 Å². The van der Waals surface area contributed by atoms with E-state index in [0.29, 0.717) is 6.26 Å². The molecule has 0 aliphatic heterocycles. The minimum absolute atomic E-state index is 0. The zero-order chi connectivity index (χ0) is 4.50. The molecule has 0 aromatic rings. The minimum Gasteiger partial charge on any atom is -0.269 e. The first kappa shape index (κ1) is 9.26. The summed E-state index contributed by atoms with van der Waals surface area (Å²) < 4.78 is 28.6. The molecular formula is CH4F2O2S. The molecule has 0 radical (unpaired) electrons. The predicted molar refractivity (Wildman–Crippen MR) is 18.5 cm³/mol. The molecule has 0 N–H and O–H groups in total. The van der Waals surface area contributed by atoms with E-state index in [-0.39, 0.29) is 4.70 Å². The lowest BCUT2D eigenvalue weighted by Gasteiger charge is -1.63. The number of halogens is 2. The number of rotatable bonds is 0. The molecular weight excluding hydrogens is 114 g/mol. The average molecular weight is 118 g/mol. The lowest BCUT2D eigenvalue weighted by Crippen LogP contribution is -1.78. The maximum absolute atomic E-state index is 10.7. The molecule has 0 amide bonds. The SMILES string of the molecule is CS(=O)(=O)F.F. The Morgan fingerprint density at radius 1 is 1.50 bits per heavy atom. The number of hydrogen-bond donors (Lipinski definition) is 0. The Kier molecular flexibility index (Phi) is 3.19. The van der Waals surface area contributed by atoms with Crippen LogP contribution in [0, 0.1) is 0 Å². The molecule has 2 nitrogen and oxygen atoms in total. The maximum atomic E-state index is 10.7. The molecule has 6 heavy (non-hydrogen) atoms. The summed E-state index contributed by atoms with van der Waals surface area (Å²) in [6.45, 7) is 0. The minimum atomic E-state index is -4.17. The molecule has 0 aromatic carbocycles. The van der Waals surface area contributed by atoms with Gasteiger partial charge in [0.25, 0.3) is 10.2 Å². The van der Waals surface area contributed by atoms with Crippen molar-refractivity contribution in [2.45, 2.75) is 0 Å². The van der Waals surface area contributed by atoms with Crippen molar-refractivity contribution in [1.29, 1.82) is 0 Å². The van der Waals surface area contributed by atoms with Gasteiger partial charge < -0.3 is 0 Å². The van der Waals surface area contributed by atoms with Gasteiger partial charge in [-0.3, -0.25) is 4.70 Å². The molecule has 0 spiro atoms. The van der Waals surface area contributed by atoms with Crippen LogP contribution in [-0.2, 0) is 10.2 Å². The molecule has 40 valence electrons. The van der Waals surface area contributed by atoms with Gasteiger partial charge in [-0.1, -0.05) is 0 Å². The number of hydrogen-bond acceptors (Lipinski definition) is 2. The maximum Gasteiger partial charge on any atom is 0.299 e. The highest BCUT2D eigenvalue weighted by molar-refractivity contribution is 7.85. The molecule has 0 heterocycles. The third-order valence-corrected chi connectivity index (χ3v) is 0. The second-order valence-electron chi connectivity index (χ2n) is 0.682. The van der Waals surface area contributed by atoms with Gasteiger partial charge in [-0.25, -0.2) is 0 Å². The van der Waals surface area contributed by atoms with E-state index in [9.17, 15) is 3.89 Å². The molecule has 0 saturated carbocycles. The van der Waals surface area contributed by atoms with E-state index in [1.54, 1.807) is 0 Å². The normalized spacial score (nSPS) is 9.67. The van der Waals surface area contributed by atoms with E-state index < -0.39 is 10.2 Å². The first-order chi connectivity index (χ1) is 2.00. The standard InChI is InChI=1S/CH3FO2S.FH/c1-5(2,3)4;/h1H3;1H. The fraction of sp³-hybridized carbons (Fsp3) is 1.00. The predicted octanol–water partition coefficient (Wildman–Crippen LogP) is 0.0680. The lowest BCUT2D eigenvalue weighted by molar-refractivity contribution is 0.559. The highest BCUT2D eigenvalue weighted by Crippen LogP contribution is 1.75. The van der Waals surface area contributed by atoms with Crippen LogP contribution < -0.4 is 0 Å². The van der Waals surface area contributed by atoms with E-state index in [2.05, 4.69) is 0 Å². The summed E-state index contributed by atoms with van der Waals surface area (Å²) in [7, 11) is -4.17. The van der Waals surface area contributed by atoms with Crippen molar-refractivity contribution in [3.8, 4) is 0 Å². The molecule has 5 heteroatoms. The Bertz CT molecular complexity index is 94.7. The van der Waals surface area contributed by atoms with Crippen molar-refractivity contribution in [3.05, 3.63) is 0 Å². The van der Waals surface area contributed by atoms with Crippen LogP contribution in [0.2, 0.25) is 0 Å². The molecule has 0 unspecified atom stereocenters. The van der Waals surface area contributed by atoms with Gasteiger partial charge in [0.2, 0.25) is 0 Å². The van der Waals surface area contributed by atoms with Crippen LogP contribution in [-0.4, -0.2) is 14.7 Å². The van der Waals surface area contributed by atoms with E-state index >= 15 is 0 Å². The van der Waals surface area contributed by atoms with E-state index in [0.717, 1.165) is 0 Å². The van der Waals surface area contributed by atoms with Crippen molar-refractivity contribution in [3.63, 3.8) is 0 Å². The van der Waals surface area contributed by atoms with Gasteiger partial charge in [0, 0.05) is 0 Å². The summed E-state index contributed by atoms with van der Waals surface area (Å²) in [5, 5.41) is 0. The fourth-order valence-corrected chi connectivity index (χ4v) is 0. The molecule has 0 aliphatic carbocycles. The fourth-order valence-electron chi connectivity index (χ4n) is 0. The van der Waals surface area contributed by atoms with Crippen molar-refractivity contribution >= 4 is 10.2 Å². The summed E-state index contributed by atoms with van der Waals surface area (Å²) in [4.78, 5) is 0. The first-order valence-corrected chi connectivity index (χ1v) is 2.69. The Morgan fingerprint density at radius 3 is 1.50 bits per heavy atom. The topological polar surface area (TPSA) is 34.1 Å². The summed E-state index contributed by atoms with van der Waals surface area (Å²) in [5.41, 5.74) is 0. The van der Waals surface area contributed by atoms with Crippen molar-refractivity contribution in [2.24, 2.45) is 0 Å². The van der Waals surface area contributed by atoms with E-state index in [4.69, 9.17) is 8.42 Å². The van der Waals surface area contributed by atoms with Crippen LogP contribution in [0.25, 0.3) is 0 Å². The third-order valence-electron chi connectivity index (χ3n) is 0. The van der Waals surface area contributed by atoms with Crippen LogP contribution >= 0.6 is 0 Å².